The van der Waals surface area contributed by atoms with Gasteiger partial charge in [-0.2, -0.15) is 5.10 Å². The number of nitrogens with zero attached hydrogens (tertiary/aromatic N) is 2. The van der Waals surface area contributed by atoms with Crippen LogP contribution in [0.15, 0.2) is 24.3 Å². The van der Waals surface area contributed by atoms with Crippen molar-refractivity contribution in [3.8, 4) is 0 Å². The third-order valence-corrected chi connectivity index (χ3v) is 3.78. The van der Waals surface area contributed by atoms with Crippen molar-refractivity contribution < 1.29 is 9.50 Å². The third kappa shape index (κ3) is 2.51. The molecule has 1 aromatic carbocycles. The third-order valence-electron chi connectivity index (χ3n) is 3.36. The van der Waals surface area contributed by atoms with Crippen LogP contribution in [0.25, 0.3) is 0 Å². The van der Waals surface area contributed by atoms with Crippen molar-refractivity contribution in [3.05, 3.63) is 52.1 Å². The van der Waals surface area contributed by atoms with Gasteiger partial charge in [0.05, 0.1) is 18.8 Å². The second kappa shape index (κ2) is 4.94. The molecule has 19 heavy (non-hydrogen) atoms. The number of hydrogen-bond acceptors (Lipinski definition) is 2. The van der Waals surface area contributed by atoms with Crippen LogP contribution in [0.3, 0.4) is 0 Å². The van der Waals surface area contributed by atoms with Gasteiger partial charge in [-0.3, -0.25) is 0 Å². The van der Waals surface area contributed by atoms with E-state index in [-0.39, 0.29) is 12.4 Å². The molecular weight excluding hydrogens is 267 g/mol. The Balaban J connectivity index is 1.92. The van der Waals surface area contributed by atoms with Gasteiger partial charge in [0.1, 0.15) is 11.0 Å². The lowest BCUT2D eigenvalue weighted by molar-refractivity contribution is 0.280. The number of aromatic nitrogens is 2. The molecule has 1 N–H and O–H groups in total. The van der Waals surface area contributed by atoms with Crippen LogP contribution in [0, 0.1) is 5.82 Å². The van der Waals surface area contributed by atoms with Gasteiger partial charge in [0.2, 0.25) is 0 Å². The molecule has 0 aliphatic heterocycles. The van der Waals surface area contributed by atoms with E-state index in [0.717, 1.165) is 24.1 Å². The molecule has 2 aromatic rings. The predicted molar refractivity (Wildman–Crippen MR) is 70.6 cm³/mol. The largest absolute Gasteiger partial charge is 0.391 e. The van der Waals surface area contributed by atoms with Crippen molar-refractivity contribution in [3.63, 3.8) is 0 Å². The molecule has 0 radical (unpaired) electrons. The lowest BCUT2D eigenvalue weighted by atomic mass is 10.2. The van der Waals surface area contributed by atoms with Crippen molar-refractivity contribution in [1.29, 1.82) is 0 Å². The highest BCUT2D eigenvalue weighted by atomic mass is 35.5. The molecule has 0 saturated heterocycles. The van der Waals surface area contributed by atoms with Gasteiger partial charge in [-0.1, -0.05) is 23.7 Å². The molecule has 1 aliphatic rings. The number of rotatable bonds is 4. The number of hydrogen-bond donors (Lipinski definition) is 1. The van der Waals surface area contributed by atoms with E-state index in [4.69, 9.17) is 11.6 Å². The van der Waals surface area contributed by atoms with E-state index in [1.807, 2.05) is 6.07 Å². The number of aliphatic hydroxyl groups is 1. The maximum absolute atomic E-state index is 13.2. The molecule has 100 valence electrons. The molecule has 3 rings (SSSR count). The van der Waals surface area contributed by atoms with Crippen LogP contribution in [0.2, 0.25) is 5.15 Å². The van der Waals surface area contributed by atoms with Gasteiger partial charge in [-0.15, -0.1) is 0 Å². The van der Waals surface area contributed by atoms with Gasteiger partial charge >= 0.3 is 0 Å². The van der Waals surface area contributed by atoms with Crippen LogP contribution < -0.4 is 0 Å². The smallest absolute Gasteiger partial charge is 0.133 e. The standard InChI is InChI=1S/C14H14ClFN2O/c15-14-12(8-19)13(10-4-5-10)17-18(14)7-9-2-1-3-11(16)6-9/h1-3,6,10,19H,4-5,7-8H2. The SMILES string of the molecule is OCc1c(C2CC2)nn(Cc2cccc(F)c2)c1Cl. The summed E-state index contributed by atoms with van der Waals surface area (Å²) in [6.07, 6.45) is 2.20. The number of benzene rings is 1. The van der Waals surface area contributed by atoms with Crippen LogP contribution >= 0.6 is 11.6 Å². The molecular formula is C14H14ClFN2O. The van der Waals surface area contributed by atoms with Crippen LogP contribution in [0.4, 0.5) is 4.39 Å². The van der Waals surface area contributed by atoms with E-state index in [1.54, 1.807) is 10.7 Å². The van der Waals surface area contributed by atoms with Crippen molar-refractivity contribution in [2.24, 2.45) is 0 Å². The summed E-state index contributed by atoms with van der Waals surface area (Å²) in [4.78, 5) is 0. The summed E-state index contributed by atoms with van der Waals surface area (Å²) < 4.78 is 14.8. The van der Waals surface area contributed by atoms with Gasteiger partial charge in [0.15, 0.2) is 0 Å². The first-order valence-corrected chi connectivity index (χ1v) is 6.67. The van der Waals surface area contributed by atoms with Gasteiger partial charge in [0, 0.05) is 11.5 Å². The van der Waals surface area contributed by atoms with Gasteiger partial charge in [-0.25, -0.2) is 9.07 Å². The lowest BCUT2D eigenvalue weighted by Crippen LogP contribution is -2.02. The Morgan fingerprint density at radius 2 is 2.21 bits per heavy atom. The first kappa shape index (κ1) is 12.6. The van der Waals surface area contributed by atoms with Crippen molar-refractivity contribution in [2.45, 2.75) is 31.9 Å². The molecule has 0 bridgehead atoms. The highest BCUT2D eigenvalue weighted by Crippen LogP contribution is 2.42. The lowest BCUT2D eigenvalue weighted by Gasteiger charge is -2.03. The van der Waals surface area contributed by atoms with Gasteiger partial charge < -0.3 is 5.11 Å². The molecule has 0 atom stereocenters. The van der Waals surface area contributed by atoms with E-state index < -0.39 is 0 Å². The zero-order chi connectivity index (χ0) is 13.4. The van der Waals surface area contributed by atoms with E-state index in [0.29, 0.717) is 23.2 Å². The quantitative estimate of drug-likeness (QED) is 0.934. The topological polar surface area (TPSA) is 38.1 Å². The summed E-state index contributed by atoms with van der Waals surface area (Å²) in [5.74, 6) is 0.152. The summed E-state index contributed by atoms with van der Waals surface area (Å²) in [6, 6.07) is 6.36. The second-order valence-electron chi connectivity index (χ2n) is 4.87. The molecule has 3 nitrogen and oxygen atoms in total. The second-order valence-corrected chi connectivity index (χ2v) is 5.23. The maximum Gasteiger partial charge on any atom is 0.133 e. The normalized spacial score (nSPS) is 14.9. The zero-order valence-electron chi connectivity index (χ0n) is 10.3. The summed E-state index contributed by atoms with van der Waals surface area (Å²) in [5, 5.41) is 14.3. The van der Waals surface area contributed by atoms with Gasteiger partial charge in [0.25, 0.3) is 0 Å². The summed E-state index contributed by atoms with van der Waals surface area (Å²) in [5.41, 5.74) is 2.40. The Labute approximate surface area is 115 Å². The minimum absolute atomic E-state index is 0.103. The first-order chi connectivity index (χ1) is 9.19. The van der Waals surface area contributed by atoms with Crippen molar-refractivity contribution >= 4 is 11.6 Å². The summed E-state index contributed by atoms with van der Waals surface area (Å²) in [6.45, 7) is 0.310. The molecule has 1 saturated carbocycles. The molecule has 0 spiro atoms. The van der Waals surface area contributed by atoms with Crippen LogP contribution in [-0.4, -0.2) is 14.9 Å². The van der Waals surface area contributed by atoms with E-state index in [2.05, 4.69) is 5.10 Å². The zero-order valence-corrected chi connectivity index (χ0v) is 11.1. The van der Waals surface area contributed by atoms with E-state index in [9.17, 15) is 9.50 Å². The molecule has 0 amide bonds. The Morgan fingerprint density at radius 3 is 2.84 bits per heavy atom. The Hall–Kier alpha value is -1.39. The summed E-state index contributed by atoms with van der Waals surface area (Å²) in [7, 11) is 0. The summed E-state index contributed by atoms with van der Waals surface area (Å²) >= 11 is 6.24. The highest BCUT2D eigenvalue weighted by molar-refractivity contribution is 6.30. The van der Waals surface area contributed by atoms with Crippen LogP contribution in [0.1, 0.15) is 35.6 Å². The van der Waals surface area contributed by atoms with Crippen LogP contribution in [0.5, 0.6) is 0 Å². The van der Waals surface area contributed by atoms with E-state index in [1.165, 1.54) is 12.1 Å². The Kier molecular flexibility index (Phi) is 3.29. The average Bonchev–Trinajstić information content (AvgIpc) is 3.17. The molecule has 0 unspecified atom stereocenters. The van der Waals surface area contributed by atoms with E-state index >= 15 is 0 Å². The number of halogens is 2. The molecule has 1 aromatic heterocycles. The fourth-order valence-electron chi connectivity index (χ4n) is 2.24. The average molecular weight is 281 g/mol. The minimum Gasteiger partial charge on any atom is -0.391 e. The molecule has 1 heterocycles. The fraction of sp³-hybridized carbons (Fsp3) is 0.357. The molecule has 1 aliphatic carbocycles. The Bertz CT molecular complexity index is 607. The monoisotopic (exact) mass is 280 g/mol. The molecule has 5 heteroatoms. The number of aliphatic hydroxyl groups excluding tert-OH is 1. The van der Waals surface area contributed by atoms with Crippen molar-refractivity contribution in [1.82, 2.24) is 9.78 Å². The fourth-order valence-corrected chi connectivity index (χ4v) is 2.49. The van der Waals surface area contributed by atoms with Crippen LogP contribution in [-0.2, 0) is 13.2 Å². The van der Waals surface area contributed by atoms with Gasteiger partial charge in [-0.05, 0) is 30.5 Å². The highest BCUT2D eigenvalue weighted by Gasteiger charge is 2.31. The maximum atomic E-state index is 13.2. The predicted octanol–water partition coefficient (Wildman–Crippen LogP) is 3.09. The molecule has 1 fully saturated rings. The first-order valence-electron chi connectivity index (χ1n) is 6.29. The Morgan fingerprint density at radius 1 is 1.42 bits per heavy atom. The van der Waals surface area contributed by atoms with Crippen molar-refractivity contribution in [2.75, 3.05) is 0 Å². The minimum atomic E-state index is -0.273.